The van der Waals surface area contributed by atoms with Crippen molar-refractivity contribution in [2.24, 2.45) is 4.99 Å². The first kappa shape index (κ1) is 16.9. The molecule has 0 aromatic carbocycles. The number of hydrogen-bond acceptors (Lipinski definition) is 3. The zero-order valence-electron chi connectivity index (χ0n) is 13.2. The van der Waals surface area contributed by atoms with Gasteiger partial charge in [-0.15, -0.1) is 0 Å². The van der Waals surface area contributed by atoms with E-state index in [4.69, 9.17) is 0 Å². The number of anilines is 1. The van der Waals surface area contributed by atoms with Crippen molar-refractivity contribution < 1.29 is 4.79 Å². The van der Waals surface area contributed by atoms with E-state index in [9.17, 15) is 4.79 Å². The number of guanidine groups is 1. The van der Waals surface area contributed by atoms with Crippen molar-refractivity contribution in [1.29, 1.82) is 0 Å². The first-order valence-electron chi connectivity index (χ1n) is 7.24. The maximum Gasteiger partial charge on any atom is 0.227 e. The first-order chi connectivity index (χ1) is 10.0. The van der Waals surface area contributed by atoms with Gasteiger partial charge in [0.15, 0.2) is 5.96 Å². The van der Waals surface area contributed by atoms with Crippen LogP contribution in [0.1, 0.15) is 32.3 Å². The van der Waals surface area contributed by atoms with Crippen LogP contribution in [-0.2, 0) is 4.79 Å². The fourth-order valence-electron chi connectivity index (χ4n) is 1.57. The van der Waals surface area contributed by atoms with Crippen LogP contribution < -0.4 is 16.0 Å². The summed E-state index contributed by atoms with van der Waals surface area (Å²) in [5, 5.41) is 9.12. The van der Waals surface area contributed by atoms with E-state index in [2.05, 4.69) is 39.8 Å². The van der Waals surface area contributed by atoms with E-state index in [1.807, 2.05) is 13.0 Å². The highest BCUT2D eigenvalue weighted by Crippen LogP contribution is 2.03. The number of rotatable bonds is 6. The predicted molar refractivity (Wildman–Crippen MR) is 86.5 cm³/mol. The summed E-state index contributed by atoms with van der Waals surface area (Å²) < 4.78 is 0. The van der Waals surface area contributed by atoms with E-state index in [0.29, 0.717) is 30.8 Å². The number of aromatic nitrogens is 1. The Kier molecular flexibility index (Phi) is 7.21. The summed E-state index contributed by atoms with van der Waals surface area (Å²) in [5.41, 5.74) is 1.06. The van der Waals surface area contributed by atoms with Crippen molar-refractivity contribution in [1.82, 2.24) is 15.6 Å². The molecule has 1 unspecified atom stereocenters. The molecule has 116 valence electrons. The molecule has 6 nitrogen and oxygen atoms in total. The molecule has 1 atom stereocenters. The molecule has 0 aliphatic heterocycles. The summed E-state index contributed by atoms with van der Waals surface area (Å²) in [4.78, 5) is 20.1. The normalized spacial score (nSPS) is 12.7. The third kappa shape index (κ3) is 6.74. The summed E-state index contributed by atoms with van der Waals surface area (Å²) in [6.07, 6.45) is 3.10. The number of pyridine rings is 1. The van der Waals surface area contributed by atoms with Gasteiger partial charge in [0.25, 0.3) is 0 Å². The number of nitrogens with one attached hydrogen (secondary N) is 3. The molecule has 0 spiro atoms. The van der Waals surface area contributed by atoms with Crippen LogP contribution in [0.4, 0.5) is 5.82 Å². The average Bonchev–Trinajstić information content (AvgIpc) is 2.48. The molecule has 0 aliphatic carbocycles. The molecule has 1 rings (SSSR count). The SMILES string of the molecule is CCC(C)NC(=NC)NCCC(=O)Nc1ccc(C)cn1. The third-order valence-corrected chi connectivity index (χ3v) is 3.04. The van der Waals surface area contributed by atoms with Crippen LogP contribution >= 0.6 is 0 Å². The fourth-order valence-corrected chi connectivity index (χ4v) is 1.57. The van der Waals surface area contributed by atoms with E-state index in [1.54, 1.807) is 19.3 Å². The molecule has 0 bridgehead atoms. The van der Waals surface area contributed by atoms with Crippen molar-refractivity contribution in [3.8, 4) is 0 Å². The van der Waals surface area contributed by atoms with E-state index >= 15 is 0 Å². The second-order valence-corrected chi connectivity index (χ2v) is 4.97. The standard InChI is InChI=1S/C15H25N5O/c1-5-12(3)19-15(16-4)17-9-8-14(21)20-13-7-6-11(2)10-18-13/h6-7,10,12H,5,8-9H2,1-4H3,(H2,16,17,19)(H,18,20,21). The van der Waals surface area contributed by atoms with E-state index in [0.717, 1.165) is 12.0 Å². The van der Waals surface area contributed by atoms with E-state index in [-0.39, 0.29) is 5.91 Å². The van der Waals surface area contributed by atoms with E-state index < -0.39 is 0 Å². The highest BCUT2D eigenvalue weighted by Gasteiger charge is 2.05. The summed E-state index contributed by atoms with van der Waals surface area (Å²) in [6, 6.07) is 4.06. The van der Waals surface area contributed by atoms with Gasteiger partial charge >= 0.3 is 0 Å². The number of nitrogens with zero attached hydrogens (tertiary/aromatic N) is 2. The Morgan fingerprint density at radius 1 is 1.43 bits per heavy atom. The molecular weight excluding hydrogens is 266 g/mol. The highest BCUT2D eigenvalue weighted by molar-refractivity contribution is 5.90. The maximum atomic E-state index is 11.8. The van der Waals surface area contributed by atoms with Gasteiger partial charge in [-0.25, -0.2) is 4.98 Å². The first-order valence-corrected chi connectivity index (χ1v) is 7.24. The van der Waals surface area contributed by atoms with Crippen molar-refractivity contribution in [2.45, 2.75) is 39.7 Å². The number of carbonyl (C=O) groups is 1. The number of aryl methyl sites for hydroxylation is 1. The van der Waals surface area contributed by atoms with Gasteiger partial charge in [-0.3, -0.25) is 9.79 Å². The van der Waals surface area contributed by atoms with Crippen LogP contribution in [0.2, 0.25) is 0 Å². The third-order valence-electron chi connectivity index (χ3n) is 3.04. The van der Waals surface area contributed by atoms with Gasteiger partial charge < -0.3 is 16.0 Å². The molecule has 0 saturated heterocycles. The van der Waals surface area contributed by atoms with Gasteiger partial charge in [0.05, 0.1) is 0 Å². The molecular formula is C15H25N5O. The molecule has 0 fully saturated rings. The molecule has 3 N–H and O–H groups in total. The average molecular weight is 291 g/mol. The predicted octanol–water partition coefficient (Wildman–Crippen LogP) is 1.68. The van der Waals surface area contributed by atoms with Gasteiger partial charge in [0.2, 0.25) is 5.91 Å². The van der Waals surface area contributed by atoms with Gasteiger partial charge in [-0.05, 0) is 31.9 Å². The van der Waals surface area contributed by atoms with Crippen LogP contribution in [-0.4, -0.2) is 36.5 Å². The lowest BCUT2D eigenvalue weighted by Gasteiger charge is -2.16. The minimum atomic E-state index is -0.0714. The molecule has 0 saturated carbocycles. The van der Waals surface area contributed by atoms with Gasteiger partial charge in [-0.1, -0.05) is 13.0 Å². The quantitative estimate of drug-likeness (QED) is 0.550. The van der Waals surface area contributed by atoms with Crippen LogP contribution in [0.15, 0.2) is 23.3 Å². The molecule has 1 amide bonds. The Labute approximate surface area is 126 Å². The lowest BCUT2D eigenvalue weighted by Crippen LogP contribution is -2.42. The van der Waals surface area contributed by atoms with Gasteiger partial charge in [-0.2, -0.15) is 0 Å². The molecule has 1 heterocycles. The van der Waals surface area contributed by atoms with Crippen LogP contribution in [0.3, 0.4) is 0 Å². The monoisotopic (exact) mass is 291 g/mol. The van der Waals surface area contributed by atoms with Gasteiger partial charge in [0, 0.05) is 32.3 Å². The lowest BCUT2D eigenvalue weighted by atomic mass is 10.3. The zero-order chi connectivity index (χ0) is 15.7. The van der Waals surface area contributed by atoms with Crippen molar-refractivity contribution in [3.63, 3.8) is 0 Å². The minimum Gasteiger partial charge on any atom is -0.356 e. The highest BCUT2D eigenvalue weighted by atomic mass is 16.1. The second kappa shape index (κ2) is 8.94. The van der Waals surface area contributed by atoms with Gasteiger partial charge in [0.1, 0.15) is 5.82 Å². The van der Waals surface area contributed by atoms with Crippen molar-refractivity contribution in [3.05, 3.63) is 23.9 Å². The Morgan fingerprint density at radius 3 is 2.76 bits per heavy atom. The largest absolute Gasteiger partial charge is 0.356 e. The number of carbonyl (C=O) groups excluding carboxylic acids is 1. The number of aliphatic imine (C=N–C) groups is 1. The lowest BCUT2D eigenvalue weighted by molar-refractivity contribution is -0.116. The van der Waals surface area contributed by atoms with E-state index in [1.165, 1.54) is 0 Å². The van der Waals surface area contributed by atoms with Crippen LogP contribution in [0.5, 0.6) is 0 Å². The molecule has 6 heteroatoms. The topological polar surface area (TPSA) is 78.4 Å². The molecule has 21 heavy (non-hydrogen) atoms. The summed E-state index contributed by atoms with van der Waals surface area (Å²) in [5.74, 6) is 1.22. The second-order valence-electron chi connectivity index (χ2n) is 4.97. The maximum absolute atomic E-state index is 11.8. The number of amides is 1. The summed E-state index contributed by atoms with van der Waals surface area (Å²) in [6.45, 7) is 6.67. The molecule has 0 radical (unpaired) electrons. The smallest absolute Gasteiger partial charge is 0.227 e. The number of hydrogen-bond donors (Lipinski definition) is 3. The minimum absolute atomic E-state index is 0.0714. The molecule has 1 aromatic rings. The Bertz CT molecular complexity index is 469. The Morgan fingerprint density at radius 2 is 2.19 bits per heavy atom. The van der Waals surface area contributed by atoms with Crippen molar-refractivity contribution >= 4 is 17.7 Å². The summed E-state index contributed by atoms with van der Waals surface area (Å²) >= 11 is 0. The summed E-state index contributed by atoms with van der Waals surface area (Å²) in [7, 11) is 1.72. The Hall–Kier alpha value is -2.11. The molecule has 0 aliphatic rings. The zero-order valence-corrected chi connectivity index (χ0v) is 13.2. The molecule has 1 aromatic heterocycles. The van der Waals surface area contributed by atoms with Crippen LogP contribution in [0.25, 0.3) is 0 Å². The van der Waals surface area contributed by atoms with Crippen LogP contribution in [0, 0.1) is 6.92 Å². The van der Waals surface area contributed by atoms with Crippen molar-refractivity contribution in [2.75, 3.05) is 18.9 Å². The fraction of sp³-hybridized carbons (Fsp3) is 0.533. The Balaban J connectivity index is 2.31.